The summed E-state index contributed by atoms with van der Waals surface area (Å²) in [7, 11) is 0. The highest BCUT2D eigenvalue weighted by Gasteiger charge is 2.30. The number of halogens is 1. The van der Waals surface area contributed by atoms with E-state index >= 15 is 0 Å². The first kappa shape index (κ1) is 19.4. The molecule has 0 aliphatic heterocycles. The lowest BCUT2D eigenvalue weighted by Crippen LogP contribution is -2.14. The topological polar surface area (TPSA) is 103 Å². The molecular formula is C19H16ClN5O3S. The van der Waals surface area contributed by atoms with Crippen LogP contribution in [0.25, 0.3) is 5.69 Å². The van der Waals surface area contributed by atoms with Gasteiger partial charge in [-0.1, -0.05) is 41.6 Å². The molecule has 1 aromatic heterocycles. The molecule has 2 aromatic carbocycles. The Morgan fingerprint density at radius 1 is 1.28 bits per heavy atom. The average molecular weight is 430 g/mol. The van der Waals surface area contributed by atoms with Crippen molar-refractivity contribution >= 4 is 40.6 Å². The van der Waals surface area contributed by atoms with Gasteiger partial charge in [-0.15, -0.1) is 5.10 Å². The second kappa shape index (κ2) is 8.22. The van der Waals surface area contributed by atoms with E-state index in [1.54, 1.807) is 0 Å². The van der Waals surface area contributed by atoms with E-state index < -0.39 is 4.92 Å². The minimum absolute atomic E-state index is 0.0935. The van der Waals surface area contributed by atoms with Gasteiger partial charge in [0.25, 0.3) is 5.69 Å². The number of carbonyl (C=O) groups is 1. The van der Waals surface area contributed by atoms with Crippen molar-refractivity contribution in [3.63, 3.8) is 0 Å². The maximum Gasteiger partial charge on any atom is 0.271 e. The zero-order chi connectivity index (χ0) is 20.4. The van der Waals surface area contributed by atoms with Crippen LogP contribution in [0.4, 0.5) is 11.4 Å². The summed E-state index contributed by atoms with van der Waals surface area (Å²) in [5, 5.41) is 18.6. The van der Waals surface area contributed by atoms with Crippen molar-refractivity contribution in [1.82, 2.24) is 14.8 Å². The van der Waals surface area contributed by atoms with Crippen LogP contribution in [-0.2, 0) is 4.79 Å². The molecule has 29 heavy (non-hydrogen) atoms. The molecular weight excluding hydrogens is 414 g/mol. The fourth-order valence-electron chi connectivity index (χ4n) is 2.77. The number of rotatable bonds is 7. The number of hydrogen-bond donors (Lipinski definition) is 1. The number of aromatic nitrogens is 3. The van der Waals surface area contributed by atoms with Crippen molar-refractivity contribution in [2.24, 2.45) is 0 Å². The van der Waals surface area contributed by atoms with E-state index in [4.69, 9.17) is 11.6 Å². The van der Waals surface area contributed by atoms with Gasteiger partial charge in [-0.05, 0) is 31.0 Å². The van der Waals surface area contributed by atoms with Gasteiger partial charge in [0.2, 0.25) is 11.1 Å². The van der Waals surface area contributed by atoms with Crippen LogP contribution in [0, 0.1) is 10.1 Å². The molecule has 10 heteroatoms. The zero-order valence-electron chi connectivity index (χ0n) is 15.1. The van der Waals surface area contributed by atoms with Gasteiger partial charge in [-0.2, -0.15) is 0 Å². The molecule has 0 spiro atoms. The Kier molecular flexibility index (Phi) is 5.50. The zero-order valence-corrected chi connectivity index (χ0v) is 16.7. The van der Waals surface area contributed by atoms with Crippen LogP contribution in [0.1, 0.15) is 24.6 Å². The molecule has 0 bridgehead atoms. The molecule has 0 atom stereocenters. The maximum absolute atomic E-state index is 12.3. The highest BCUT2D eigenvalue weighted by atomic mass is 35.5. The van der Waals surface area contributed by atoms with Crippen molar-refractivity contribution in [3.05, 3.63) is 69.5 Å². The first-order chi connectivity index (χ1) is 14.0. The van der Waals surface area contributed by atoms with Crippen LogP contribution in [0.15, 0.2) is 53.7 Å². The number of non-ortho nitro benzene ring substituents is 1. The number of nitrogens with zero attached hydrogens (tertiary/aromatic N) is 4. The lowest BCUT2D eigenvalue weighted by atomic mass is 10.3. The molecule has 1 saturated carbocycles. The van der Waals surface area contributed by atoms with E-state index in [-0.39, 0.29) is 22.4 Å². The Labute approximate surface area is 175 Å². The van der Waals surface area contributed by atoms with Gasteiger partial charge < -0.3 is 5.32 Å². The molecule has 1 aliphatic rings. The van der Waals surface area contributed by atoms with Crippen molar-refractivity contribution in [1.29, 1.82) is 0 Å². The van der Waals surface area contributed by atoms with Crippen LogP contribution in [-0.4, -0.2) is 31.3 Å². The predicted molar refractivity (Wildman–Crippen MR) is 111 cm³/mol. The largest absolute Gasteiger partial charge is 0.324 e. The molecule has 0 saturated heterocycles. The summed E-state index contributed by atoms with van der Waals surface area (Å²) in [6, 6.07) is 13.7. The van der Waals surface area contributed by atoms with Gasteiger partial charge in [0, 0.05) is 18.1 Å². The van der Waals surface area contributed by atoms with Crippen molar-refractivity contribution in [2.75, 3.05) is 11.1 Å². The first-order valence-electron chi connectivity index (χ1n) is 8.90. The quantitative estimate of drug-likeness (QED) is 0.338. The van der Waals surface area contributed by atoms with E-state index in [1.807, 2.05) is 35.0 Å². The smallest absolute Gasteiger partial charge is 0.271 e. The SMILES string of the molecule is O=C(CSc1nc(C2CC2)n(-c2ccccc2)n1)Nc1ccc([N+](=O)[O-])cc1Cl. The third-order valence-corrected chi connectivity index (χ3v) is 5.48. The van der Waals surface area contributed by atoms with Crippen LogP contribution in [0.2, 0.25) is 5.02 Å². The average Bonchev–Trinajstić information content (AvgIpc) is 3.47. The summed E-state index contributed by atoms with van der Waals surface area (Å²) in [4.78, 5) is 27.1. The number of carbonyl (C=O) groups excluding carboxylic acids is 1. The van der Waals surface area contributed by atoms with E-state index in [2.05, 4.69) is 15.4 Å². The molecule has 1 amide bonds. The summed E-state index contributed by atoms with van der Waals surface area (Å²) < 4.78 is 1.84. The van der Waals surface area contributed by atoms with Crippen LogP contribution >= 0.6 is 23.4 Å². The molecule has 3 aromatic rings. The van der Waals surface area contributed by atoms with Gasteiger partial charge in [0.1, 0.15) is 5.82 Å². The number of thioether (sulfide) groups is 1. The molecule has 148 valence electrons. The highest BCUT2D eigenvalue weighted by molar-refractivity contribution is 7.99. The van der Waals surface area contributed by atoms with E-state index in [0.717, 1.165) is 24.4 Å². The minimum atomic E-state index is -0.542. The van der Waals surface area contributed by atoms with Gasteiger partial charge in [0.15, 0.2) is 0 Å². The molecule has 0 radical (unpaired) electrons. The second-order valence-electron chi connectivity index (χ2n) is 6.53. The maximum atomic E-state index is 12.3. The predicted octanol–water partition coefficient (Wildman–Crippen LogP) is 4.44. The lowest BCUT2D eigenvalue weighted by molar-refractivity contribution is -0.384. The Balaban J connectivity index is 1.43. The summed E-state index contributed by atoms with van der Waals surface area (Å²) in [6.45, 7) is 0. The number of nitro groups is 1. The Morgan fingerprint density at radius 3 is 2.69 bits per heavy atom. The molecule has 1 heterocycles. The second-order valence-corrected chi connectivity index (χ2v) is 7.88. The fourth-order valence-corrected chi connectivity index (χ4v) is 3.62. The fraction of sp³-hybridized carbons (Fsp3) is 0.211. The minimum Gasteiger partial charge on any atom is -0.324 e. The number of amides is 1. The van der Waals surface area contributed by atoms with Crippen molar-refractivity contribution in [3.8, 4) is 5.69 Å². The summed E-state index contributed by atoms with van der Waals surface area (Å²) >= 11 is 7.24. The van der Waals surface area contributed by atoms with Gasteiger partial charge in [-0.25, -0.2) is 9.67 Å². The molecule has 0 unspecified atom stereocenters. The number of nitro benzene ring substituents is 1. The molecule has 1 N–H and O–H groups in total. The summed E-state index contributed by atoms with van der Waals surface area (Å²) in [5.41, 5.74) is 1.13. The Morgan fingerprint density at radius 2 is 2.03 bits per heavy atom. The van der Waals surface area contributed by atoms with Gasteiger partial charge in [0.05, 0.1) is 27.1 Å². The van der Waals surface area contributed by atoms with Crippen LogP contribution < -0.4 is 5.32 Å². The summed E-state index contributed by atoms with van der Waals surface area (Å²) in [5.74, 6) is 1.12. The summed E-state index contributed by atoms with van der Waals surface area (Å²) in [6.07, 6.45) is 2.18. The number of anilines is 1. The standard InChI is InChI=1S/C19H16ClN5O3S/c20-15-10-14(25(27)28)8-9-16(15)21-17(26)11-29-19-22-18(12-6-7-12)24(23-19)13-4-2-1-3-5-13/h1-5,8-10,12H,6-7,11H2,(H,21,26). The first-order valence-corrected chi connectivity index (χ1v) is 10.3. The molecule has 1 fully saturated rings. The number of para-hydroxylation sites is 1. The van der Waals surface area contributed by atoms with E-state index in [0.29, 0.717) is 16.8 Å². The van der Waals surface area contributed by atoms with Crippen molar-refractivity contribution < 1.29 is 9.72 Å². The third kappa shape index (κ3) is 4.57. The lowest BCUT2D eigenvalue weighted by Gasteiger charge is -2.06. The normalized spacial score (nSPS) is 13.3. The molecule has 4 rings (SSSR count). The Bertz CT molecular complexity index is 1070. The number of benzene rings is 2. The van der Waals surface area contributed by atoms with Crippen LogP contribution in [0.3, 0.4) is 0 Å². The van der Waals surface area contributed by atoms with E-state index in [9.17, 15) is 14.9 Å². The van der Waals surface area contributed by atoms with Gasteiger partial charge >= 0.3 is 0 Å². The third-order valence-electron chi connectivity index (χ3n) is 4.33. The van der Waals surface area contributed by atoms with Gasteiger partial charge in [-0.3, -0.25) is 14.9 Å². The highest BCUT2D eigenvalue weighted by Crippen LogP contribution is 2.40. The van der Waals surface area contributed by atoms with Crippen LogP contribution in [0.5, 0.6) is 0 Å². The van der Waals surface area contributed by atoms with E-state index in [1.165, 1.54) is 30.0 Å². The molecule has 1 aliphatic carbocycles. The monoisotopic (exact) mass is 429 g/mol. The molecule has 8 nitrogen and oxygen atoms in total. The van der Waals surface area contributed by atoms with Crippen molar-refractivity contribution in [2.45, 2.75) is 23.9 Å². The number of nitrogens with one attached hydrogen (secondary N) is 1. The Hall–Kier alpha value is -2.91. The number of hydrogen-bond acceptors (Lipinski definition) is 6.